The number of primary amides is 1. The van der Waals surface area contributed by atoms with E-state index in [2.05, 4.69) is 14.9 Å². The Balaban J connectivity index is 1.10. The van der Waals surface area contributed by atoms with E-state index in [0.29, 0.717) is 36.7 Å². The van der Waals surface area contributed by atoms with Crippen molar-refractivity contribution in [1.82, 2.24) is 19.8 Å². The molecule has 1 saturated carbocycles. The van der Waals surface area contributed by atoms with Gasteiger partial charge in [-0.1, -0.05) is 12.5 Å². The topological polar surface area (TPSA) is 122 Å². The number of carbonyl (C=O) groups excluding carboxylic acids is 2. The highest BCUT2D eigenvalue weighted by Crippen LogP contribution is 2.55. The number of ether oxygens (including phenoxy) is 1. The van der Waals surface area contributed by atoms with Crippen LogP contribution in [0.15, 0.2) is 30.6 Å². The molecule has 3 aliphatic rings. The Morgan fingerprint density at radius 2 is 1.88 bits per heavy atom. The maximum Gasteiger partial charge on any atom is 0.394 e. The zero-order valence-electron chi connectivity index (χ0n) is 23.2. The number of alkyl halides is 3. The number of carbonyl (C=O) groups is 2. The number of piperidine rings is 1. The Morgan fingerprint density at radius 3 is 2.45 bits per heavy atom. The van der Waals surface area contributed by atoms with Crippen molar-refractivity contribution in [2.45, 2.75) is 63.3 Å². The number of benzene rings is 1. The molecule has 3 heterocycles. The number of nitrogens with two attached hydrogens (primary N) is 1. The van der Waals surface area contributed by atoms with E-state index in [0.717, 1.165) is 36.9 Å². The first-order valence-corrected chi connectivity index (χ1v) is 14.3. The first kappa shape index (κ1) is 30.1. The second-order valence-electron chi connectivity index (χ2n) is 11.7. The Morgan fingerprint density at radius 1 is 1.14 bits per heavy atom. The molecule has 228 valence electrons. The molecule has 2 amide bonds. The lowest BCUT2D eigenvalue weighted by Gasteiger charge is -2.44. The normalized spacial score (nSPS) is 23.0. The predicted octanol–water partition coefficient (Wildman–Crippen LogP) is 3.56. The smallest absolute Gasteiger partial charge is 0.394 e. The highest BCUT2D eigenvalue weighted by Gasteiger charge is 2.57. The van der Waals surface area contributed by atoms with Crippen LogP contribution in [0.1, 0.15) is 55.3 Å². The molecule has 5 rings (SSSR count). The van der Waals surface area contributed by atoms with Gasteiger partial charge in [-0.05, 0) is 69.8 Å². The van der Waals surface area contributed by atoms with Crippen LogP contribution in [-0.4, -0.2) is 87.8 Å². The number of hydrogen-bond acceptors (Lipinski definition) is 7. The zero-order valence-corrected chi connectivity index (χ0v) is 23.2. The van der Waals surface area contributed by atoms with Crippen molar-refractivity contribution in [2.75, 3.05) is 32.8 Å². The summed E-state index contributed by atoms with van der Waals surface area (Å²) in [7, 11) is 0. The van der Waals surface area contributed by atoms with E-state index in [9.17, 15) is 32.3 Å². The van der Waals surface area contributed by atoms with Crippen molar-refractivity contribution in [3.63, 3.8) is 0 Å². The average Bonchev–Trinajstić information content (AvgIpc) is 3.33. The van der Waals surface area contributed by atoms with Crippen molar-refractivity contribution in [1.29, 1.82) is 0 Å². The highest BCUT2D eigenvalue weighted by molar-refractivity contribution is 5.98. The van der Waals surface area contributed by atoms with Gasteiger partial charge >= 0.3 is 6.18 Å². The third-order valence-corrected chi connectivity index (χ3v) is 8.98. The third kappa shape index (κ3) is 6.36. The lowest BCUT2D eigenvalue weighted by atomic mass is 9.66. The molecule has 1 aromatic heterocycles. The van der Waals surface area contributed by atoms with Gasteiger partial charge in [0.05, 0.1) is 41.8 Å². The Labute approximate surface area is 241 Å². The van der Waals surface area contributed by atoms with Crippen molar-refractivity contribution in [3.8, 4) is 17.1 Å². The fraction of sp³-hybridized carbons (Fsp3) is 0.586. The van der Waals surface area contributed by atoms with Crippen LogP contribution in [0, 0.1) is 17.2 Å². The summed E-state index contributed by atoms with van der Waals surface area (Å²) in [5.41, 5.74) is 4.34. The second-order valence-corrected chi connectivity index (χ2v) is 11.7. The zero-order chi connectivity index (χ0) is 30.1. The molecule has 2 atom stereocenters. The van der Waals surface area contributed by atoms with Crippen LogP contribution in [-0.2, 0) is 4.79 Å². The van der Waals surface area contributed by atoms with E-state index < -0.39 is 41.4 Å². The predicted molar refractivity (Wildman–Crippen MR) is 144 cm³/mol. The largest absolute Gasteiger partial charge is 0.476 e. The van der Waals surface area contributed by atoms with Crippen LogP contribution in [0.4, 0.5) is 17.6 Å². The molecule has 2 aromatic rings. The van der Waals surface area contributed by atoms with E-state index >= 15 is 0 Å². The highest BCUT2D eigenvalue weighted by atomic mass is 19.4. The van der Waals surface area contributed by atoms with Gasteiger partial charge in [0, 0.05) is 18.5 Å². The van der Waals surface area contributed by atoms with Crippen LogP contribution in [0.3, 0.4) is 0 Å². The standard InChI is InChI=1S/C29H35F4N5O4/c30-22-12-19(2-3-21(22)27(41)38-16-20(39)13-24(38)26(34)40)23-14-36-25(15-35-23)42-17-18-4-9-37(10-5-18)11-8-28(6-1-7-28)29(31,32)33/h2-3,12,14-15,18,20,24,39H,1,4-11,13,16-17H2,(H2,34,40). The maximum atomic E-state index is 14.9. The molecule has 2 saturated heterocycles. The Kier molecular flexibility index (Phi) is 8.70. The summed E-state index contributed by atoms with van der Waals surface area (Å²) < 4.78 is 61.0. The monoisotopic (exact) mass is 593 g/mol. The molecular weight excluding hydrogens is 558 g/mol. The Hall–Kier alpha value is -3.32. The van der Waals surface area contributed by atoms with Crippen molar-refractivity contribution in [2.24, 2.45) is 17.1 Å². The van der Waals surface area contributed by atoms with Crippen LogP contribution in [0.2, 0.25) is 0 Å². The number of rotatable bonds is 9. The van der Waals surface area contributed by atoms with Gasteiger partial charge < -0.3 is 25.4 Å². The first-order valence-electron chi connectivity index (χ1n) is 14.3. The van der Waals surface area contributed by atoms with E-state index in [1.54, 1.807) is 0 Å². The minimum Gasteiger partial charge on any atom is -0.476 e. The van der Waals surface area contributed by atoms with E-state index in [1.807, 2.05) is 0 Å². The van der Waals surface area contributed by atoms with Gasteiger partial charge in [-0.3, -0.25) is 9.59 Å². The van der Waals surface area contributed by atoms with Gasteiger partial charge in [0.2, 0.25) is 11.8 Å². The number of likely N-dealkylation sites (tertiary alicyclic amines) is 2. The lowest BCUT2D eigenvalue weighted by molar-refractivity contribution is -0.254. The van der Waals surface area contributed by atoms with Gasteiger partial charge in [-0.2, -0.15) is 13.2 Å². The van der Waals surface area contributed by atoms with Gasteiger partial charge in [-0.25, -0.2) is 14.4 Å². The molecule has 42 heavy (non-hydrogen) atoms. The quantitative estimate of drug-likeness (QED) is 0.427. The van der Waals surface area contributed by atoms with Gasteiger partial charge in [0.15, 0.2) is 0 Å². The number of halogens is 4. The summed E-state index contributed by atoms with van der Waals surface area (Å²) in [5, 5.41) is 9.84. The molecule has 2 unspecified atom stereocenters. The SMILES string of the molecule is NC(=O)C1CC(O)CN1C(=O)c1ccc(-c2cnc(OCC3CCN(CCC4(C(F)(F)F)CCC4)CC3)cn2)cc1F. The van der Waals surface area contributed by atoms with Gasteiger partial charge in [-0.15, -0.1) is 0 Å². The second kappa shape index (κ2) is 12.1. The van der Waals surface area contributed by atoms with Gasteiger partial charge in [0.1, 0.15) is 11.9 Å². The van der Waals surface area contributed by atoms with Crippen LogP contribution < -0.4 is 10.5 Å². The molecule has 9 nitrogen and oxygen atoms in total. The number of aliphatic hydroxyl groups excluding tert-OH is 1. The maximum absolute atomic E-state index is 14.9. The van der Waals surface area contributed by atoms with Crippen molar-refractivity contribution in [3.05, 3.63) is 42.0 Å². The van der Waals surface area contributed by atoms with E-state index in [-0.39, 0.29) is 43.7 Å². The summed E-state index contributed by atoms with van der Waals surface area (Å²) in [6.07, 6.45) is 0.791. The summed E-state index contributed by atoms with van der Waals surface area (Å²) in [4.78, 5) is 36.2. The molecular formula is C29H35F4N5O4. The van der Waals surface area contributed by atoms with E-state index in [4.69, 9.17) is 10.5 Å². The molecule has 3 N–H and O–H groups in total. The third-order valence-electron chi connectivity index (χ3n) is 8.98. The van der Waals surface area contributed by atoms with Crippen LogP contribution in [0.5, 0.6) is 5.88 Å². The minimum absolute atomic E-state index is 0.00983. The number of amides is 2. The lowest BCUT2D eigenvalue weighted by Crippen LogP contribution is -2.47. The number of aliphatic hydroxyl groups is 1. The van der Waals surface area contributed by atoms with E-state index in [1.165, 1.54) is 24.5 Å². The number of aromatic nitrogens is 2. The summed E-state index contributed by atoms with van der Waals surface area (Å²) in [6.45, 7) is 2.24. The molecule has 0 bridgehead atoms. The minimum atomic E-state index is -4.12. The average molecular weight is 594 g/mol. The first-order chi connectivity index (χ1) is 20.0. The fourth-order valence-electron chi connectivity index (χ4n) is 6.08. The van der Waals surface area contributed by atoms with Crippen LogP contribution >= 0.6 is 0 Å². The molecule has 1 aliphatic carbocycles. The fourth-order valence-corrected chi connectivity index (χ4v) is 6.08. The molecule has 3 fully saturated rings. The molecule has 1 aromatic carbocycles. The van der Waals surface area contributed by atoms with Gasteiger partial charge in [0.25, 0.3) is 5.91 Å². The van der Waals surface area contributed by atoms with Crippen molar-refractivity contribution >= 4 is 11.8 Å². The molecule has 0 radical (unpaired) electrons. The number of β-amino-alcohol motifs (C(OH)–C–C–N with tert-alkyl or cyclic N) is 1. The van der Waals surface area contributed by atoms with Crippen molar-refractivity contribution < 1.29 is 37.0 Å². The summed E-state index contributed by atoms with van der Waals surface area (Å²) in [6, 6.07) is 2.96. The van der Waals surface area contributed by atoms with Crippen LogP contribution in [0.25, 0.3) is 11.3 Å². The molecule has 2 aliphatic heterocycles. The molecule has 13 heteroatoms. The number of nitrogens with zero attached hydrogens (tertiary/aromatic N) is 4. The summed E-state index contributed by atoms with van der Waals surface area (Å²) >= 11 is 0. The summed E-state index contributed by atoms with van der Waals surface area (Å²) in [5.74, 6) is -1.74. The molecule has 0 spiro atoms. The number of hydrogen-bond donors (Lipinski definition) is 2. The Bertz CT molecular complexity index is 1280.